The summed E-state index contributed by atoms with van der Waals surface area (Å²) in [5, 5.41) is 4.34. The van der Waals surface area contributed by atoms with E-state index in [2.05, 4.69) is 18.9 Å². The minimum atomic E-state index is -0.278. The standard InChI is InChI=1S/C13H22N2O2/c1-5-7-13(17-4)12(16)9-11-8-10(6-2)14-15(11)3/h8,13H,5-7,9H2,1-4H3. The average molecular weight is 238 g/mol. The number of ether oxygens (including phenoxy) is 1. The molecule has 0 spiro atoms. The van der Waals surface area contributed by atoms with Gasteiger partial charge in [0.2, 0.25) is 0 Å². The fraction of sp³-hybridized carbons (Fsp3) is 0.692. The second-order valence-electron chi connectivity index (χ2n) is 4.26. The maximum absolute atomic E-state index is 12.0. The van der Waals surface area contributed by atoms with Crippen LogP contribution in [0.4, 0.5) is 0 Å². The molecule has 1 rings (SSSR count). The number of aryl methyl sites for hydroxylation is 2. The minimum absolute atomic E-state index is 0.139. The van der Waals surface area contributed by atoms with Gasteiger partial charge in [-0.1, -0.05) is 20.3 Å². The second kappa shape index (κ2) is 6.55. The van der Waals surface area contributed by atoms with Crippen molar-refractivity contribution in [2.45, 2.75) is 45.6 Å². The maximum atomic E-state index is 12.0. The quantitative estimate of drug-likeness (QED) is 0.729. The highest BCUT2D eigenvalue weighted by atomic mass is 16.5. The van der Waals surface area contributed by atoms with Gasteiger partial charge in [-0.05, 0) is 18.9 Å². The van der Waals surface area contributed by atoms with Crippen LogP contribution in [0.15, 0.2) is 6.07 Å². The molecule has 0 amide bonds. The Morgan fingerprint density at radius 3 is 2.71 bits per heavy atom. The molecule has 0 aromatic carbocycles. The predicted molar refractivity (Wildman–Crippen MR) is 67.0 cm³/mol. The molecule has 0 bridgehead atoms. The van der Waals surface area contributed by atoms with Crippen molar-refractivity contribution in [3.05, 3.63) is 17.5 Å². The van der Waals surface area contributed by atoms with Crippen LogP contribution in [-0.2, 0) is 29.4 Å². The summed E-state index contributed by atoms with van der Waals surface area (Å²) in [6, 6.07) is 2.00. The topological polar surface area (TPSA) is 44.1 Å². The fourth-order valence-corrected chi connectivity index (χ4v) is 1.87. The van der Waals surface area contributed by atoms with Crippen LogP contribution in [-0.4, -0.2) is 28.8 Å². The van der Waals surface area contributed by atoms with Gasteiger partial charge in [0.1, 0.15) is 6.10 Å². The van der Waals surface area contributed by atoms with Crippen LogP contribution >= 0.6 is 0 Å². The summed E-state index contributed by atoms with van der Waals surface area (Å²) in [6.07, 6.45) is 2.76. The van der Waals surface area contributed by atoms with Gasteiger partial charge in [-0.25, -0.2) is 0 Å². The number of carbonyl (C=O) groups is 1. The van der Waals surface area contributed by atoms with Crippen LogP contribution in [0.2, 0.25) is 0 Å². The molecule has 0 fully saturated rings. The Labute approximate surface area is 103 Å². The lowest BCUT2D eigenvalue weighted by Crippen LogP contribution is -2.25. The molecule has 0 aliphatic carbocycles. The molecule has 0 aliphatic rings. The van der Waals surface area contributed by atoms with Gasteiger partial charge < -0.3 is 4.74 Å². The molecule has 0 saturated carbocycles. The summed E-state index contributed by atoms with van der Waals surface area (Å²) in [4.78, 5) is 12.0. The van der Waals surface area contributed by atoms with E-state index in [1.165, 1.54) is 0 Å². The first kappa shape index (κ1) is 13.9. The van der Waals surface area contributed by atoms with Gasteiger partial charge in [0.15, 0.2) is 5.78 Å². The predicted octanol–water partition coefficient (Wildman–Crippen LogP) is 1.91. The number of hydrogen-bond donors (Lipinski definition) is 0. The lowest BCUT2D eigenvalue weighted by atomic mass is 10.1. The van der Waals surface area contributed by atoms with Crippen molar-refractivity contribution in [1.82, 2.24) is 9.78 Å². The molecule has 0 saturated heterocycles. The first-order chi connectivity index (χ1) is 8.12. The molecule has 1 unspecified atom stereocenters. The van der Waals surface area contributed by atoms with Gasteiger partial charge in [0, 0.05) is 19.9 Å². The molecule has 96 valence electrons. The van der Waals surface area contributed by atoms with E-state index in [0.29, 0.717) is 6.42 Å². The van der Waals surface area contributed by atoms with E-state index >= 15 is 0 Å². The largest absolute Gasteiger partial charge is 0.374 e. The van der Waals surface area contributed by atoms with Crippen LogP contribution in [0.1, 0.15) is 38.1 Å². The van der Waals surface area contributed by atoms with Crippen molar-refractivity contribution >= 4 is 5.78 Å². The number of hydrogen-bond acceptors (Lipinski definition) is 3. The third-order valence-electron chi connectivity index (χ3n) is 2.94. The Morgan fingerprint density at radius 2 is 2.24 bits per heavy atom. The van der Waals surface area contributed by atoms with Crippen LogP contribution in [0.3, 0.4) is 0 Å². The normalized spacial score (nSPS) is 12.7. The molecule has 0 N–H and O–H groups in total. The number of methoxy groups -OCH3 is 1. The zero-order chi connectivity index (χ0) is 12.8. The summed E-state index contributed by atoms with van der Waals surface area (Å²) >= 11 is 0. The minimum Gasteiger partial charge on any atom is -0.374 e. The molecule has 1 atom stereocenters. The molecule has 0 radical (unpaired) electrons. The van der Waals surface area contributed by atoms with E-state index in [1.807, 2.05) is 13.1 Å². The first-order valence-corrected chi connectivity index (χ1v) is 6.19. The highest BCUT2D eigenvalue weighted by molar-refractivity contribution is 5.84. The molecule has 0 aliphatic heterocycles. The van der Waals surface area contributed by atoms with Gasteiger partial charge in [-0.15, -0.1) is 0 Å². The highest BCUT2D eigenvalue weighted by Gasteiger charge is 2.18. The molecule has 4 heteroatoms. The van der Waals surface area contributed by atoms with Crippen LogP contribution in [0.5, 0.6) is 0 Å². The van der Waals surface area contributed by atoms with E-state index in [-0.39, 0.29) is 11.9 Å². The van der Waals surface area contributed by atoms with E-state index in [4.69, 9.17) is 4.74 Å². The van der Waals surface area contributed by atoms with Crippen molar-refractivity contribution in [3.63, 3.8) is 0 Å². The van der Waals surface area contributed by atoms with Gasteiger partial charge in [-0.3, -0.25) is 9.48 Å². The molecular formula is C13H22N2O2. The van der Waals surface area contributed by atoms with E-state index in [0.717, 1.165) is 30.7 Å². The number of carbonyl (C=O) groups excluding carboxylic acids is 1. The SMILES string of the molecule is CCCC(OC)C(=O)Cc1cc(CC)nn1C. The van der Waals surface area contributed by atoms with Crippen LogP contribution in [0, 0.1) is 0 Å². The molecule has 1 aromatic rings. The molecule has 1 heterocycles. The Morgan fingerprint density at radius 1 is 1.53 bits per heavy atom. The van der Waals surface area contributed by atoms with Gasteiger partial charge >= 0.3 is 0 Å². The molecule has 1 aromatic heterocycles. The number of ketones is 1. The monoisotopic (exact) mass is 238 g/mol. The number of aromatic nitrogens is 2. The smallest absolute Gasteiger partial charge is 0.167 e. The summed E-state index contributed by atoms with van der Waals surface area (Å²) in [7, 11) is 3.47. The van der Waals surface area contributed by atoms with Gasteiger partial charge in [0.05, 0.1) is 12.1 Å². The van der Waals surface area contributed by atoms with Crippen molar-refractivity contribution in [3.8, 4) is 0 Å². The van der Waals surface area contributed by atoms with Crippen LogP contribution in [0.25, 0.3) is 0 Å². The summed E-state index contributed by atoms with van der Waals surface area (Å²) in [6.45, 7) is 4.11. The highest BCUT2D eigenvalue weighted by Crippen LogP contribution is 2.10. The fourth-order valence-electron chi connectivity index (χ4n) is 1.87. The number of Topliss-reactive ketones (excluding diaryl/α,β-unsaturated/α-hetero) is 1. The average Bonchev–Trinajstić information content (AvgIpc) is 2.67. The molecule has 4 nitrogen and oxygen atoms in total. The summed E-state index contributed by atoms with van der Waals surface area (Å²) in [5.74, 6) is 0.139. The van der Waals surface area contributed by atoms with Crippen molar-refractivity contribution in [2.24, 2.45) is 7.05 Å². The second-order valence-corrected chi connectivity index (χ2v) is 4.26. The third kappa shape index (κ3) is 3.66. The number of nitrogens with zero attached hydrogens (tertiary/aromatic N) is 2. The summed E-state index contributed by atoms with van der Waals surface area (Å²) < 4.78 is 7.01. The van der Waals surface area contributed by atoms with E-state index in [1.54, 1.807) is 11.8 Å². The lowest BCUT2D eigenvalue weighted by molar-refractivity contribution is -0.128. The third-order valence-corrected chi connectivity index (χ3v) is 2.94. The Kier molecular flexibility index (Phi) is 5.35. The number of rotatable bonds is 7. The zero-order valence-corrected chi connectivity index (χ0v) is 11.2. The van der Waals surface area contributed by atoms with Crippen molar-refractivity contribution in [1.29, 1.82) is 0 Å². The Balaban J connectivity index is 2.69. The van der Waals surface area contributed by atoms with Crippen molar-refractivity contribution < 1.29 is 9.53 Å². The van der Waals surface area contributed by atoms with E-state index in [9.17, 15) is 4.79 Å². The maximum Gasteiger partial charge on any atom is 0.167 e. The zero-order valence-electron chi connectivity index (χ0n) is 11.2. The summed E-state index contributed by atoms with van der Waals surface area (Å²) in [5.41, 5.74) is 1.99. The van der Waals surface area contributed by atoms with Gasteiger partial charge in [0.25, 0.3) is 0 Å². The Bertz CT molecular complexity index is 371. The van der Waals surface area contributed by atoms with E-state index < -0.39 is 0 Å². The molecule has 17 heavy (non-hydrogen) atoms. The Hall–Kier alpha value is -1.16. The van der Waals surface area contributed by atoms with Crippen LogP contribution < -0.4 is 0 Å². The van der Waals surface area contributed by atoms with Crippen molar-refractivity contribution in [2.75, 3.05) is 7.11 Å². The lowest BCUT2D eigenvalue weighted by Gasteiger charge is -2.12. The first-order valence-electron chi connectivity index (χ1n) is 6.19. The van der Waals surface area contributed by atoms with Gasteiger partial charge in [-0.2, -0.15) is 5.10 Å². The molecular weight excluding hydrogens is 216 g/mol.